The maximum atomic E-state index is 13.0. The number of hydrogen-bond donors (Lipinski definition) is 1. The van der Waals surface area contributed by atoms with E-state index >= 15 is 0 Å². The summed E-state index contributed by atoms with van der Waals surface area (Å²) >= 11 is 0. The van der Waals surface area contributed by atoms with Gasteiger partial charge in [-0.3, -0.25) is 0 Å². The van der Waals surface area contributed by atoms with Gasteiger partial charge in [0.2, 0.25) is 0 Å². The molecule has 0 heterocycles. The lowest BCUT2D eigenvalue weighted by Crippen LogP contribution is -1.98. The Morgan fingerprint density at radius 1 is 1.29 bits per heavy atom. The molecule has 1 aromatic rings. The molecular formula is C11H13F2N3O. The van der Waals surface area contributed by atoms with E-state index in [9.17, 15) is 8.78 Å². The molecule has 0 radical (unpaired) electrons. The number of aliphatic hydroxyl groups excluding tert-OH is 1. The average Bonchev–Trinajstić information content (AvgIpc) is 2.32. The van der Waals surface area contributed by atoms with Crippen molar-refractivity contribution in [1.29, 1.82) is 0 Å². The summed E-state index contributed by atoms with van der Waals surface area (Å²) in [5.74, 6) is -1.88. The average molecular weight is 241 g/mol. The topological polar surface area (TPSA) is 69.0 Å². The van der Waals surface area contributed by atoms with Gasteiger partial charge in [0, 0.05) is 11.5 Å². The SMILES string of the molecule is [N-]=[N+]=NC(CCCCO)c1ccc(F)c(F)c1. The Bertz CT molecular complexity index is 419. The molecule has 0 aliphatic rings. The number of nitrogens with zero attached hydrogens (tertiary/aromatic N) is 3. The maximum Gasteiger partial charge on any atom is 0.159 e. The Morgan fingerprint density at radius 2 is 2.06 bits per heavy atom. The number of benzene rings is 1. The van der Waals surface area contributed by atoms with Gasteiger partial charge in [-0.15, -0.1) is 0 Å². The van der Waals surface area contributed by atoms with Crippen LogP contribution in [-0.2, 0) is 0 Å². The molecule has 92 valence electrons. The predicted octanol–water partition coefficient (Wildman–Crippen LogP) is 3.48. The molecule has 1 atom stereocenters. The number of unbranched alkanes of at least 4 members (excludes halogenated alkanes) is 1. The van der Waals surface area contributed by atoms with Crippen molar-refractivity contribution in [3.05, 3.63) is 45.8 Å². The number of aliphatic hydroxyl groups is 1. The number of rotatable bonds is 6. The molecule has 0 amide bonds. The summed E-state index contributed by atoms with van der Waals surface area (Å²) in [7, 11) is 0. The summed E-state index contributed by atoms with van der Waals surface area (Å²) in [6, 6.07) is 2.92. The van der Waals surface area contributed by atoms with E-state index in [4.69, 9.17) is 10.6 Å². The molecule has 0 aromatic heterocycles. The summed E-state index contributed by atoms with van der Waals surface area (Å²) in [6.45, 7) is 0.0563. The Labute approximate surface area is 97.5 Å². The van der Waals surface area contributed by atoms with E-state index in [0.717, 1.165) is 12.1 Å². The van der Waals surface area contributed by atoms with Crippen molar-refractivity contribution in [2.45, 2.75) is 25.3 Å². The van der Waals surface area contributed by atoms with Crippen LogP contribution in [0.4, 0.5) is 8.78 Å². The van der Waals surface area contributed by atoms with Crippen LogP contribution in [0.5, 0.6) is 0 Å². The molecule has 17 heavy (non-hydrogen) atoms. The second kappa shape index (κ2) is 6.83. The molecule has 0 bridgehead atoms. The van der Waals surface area contributed by atoms with E-state index in [1.54, 1.807) is 0 Å². The first-order valence-electron chi connectivity index (χ1n) is 5.29. The van der Waals surface area contributed by atoms with Crippen LogP contribution < -0.4 is 0 Å². The van der Waals surface area contributed by atoms with Gasteiger partial charge in [0.05, 0.1) is 6.04 Å². The van der Waals surface area contributed by atoms with Crippen LogP contribution in [0.15, 0.2) is 23.3 Å². The van der Waals surface area contributed by atoms with Crippen LogP contribution in [0.25, 0.3) is 10.4 Å². The Balaban J connectivity index is 2.81. The van der Waals surface area contributed by atoms with E-state index in [2.05, 4.69) is 10.0 Å². The summed E-state index contributed by atoms with van der Waals surface area (Å²) in [6.07, 6.45) is 1.73. The monoisotopic (exact) mass is 241 g/mol. The Morgan fingerprint density at radius 3 is 2.65 bits per heavy atom. The largest absolute Gasteiger partial charge is 0.396 e. The number of halogens is 2. The van der Waals surface area contributed by atoms with Crippen LogP contribution in [0.2, 0.25) is 0 Å². The van der Waals surface area contributed by atoms with E-state index in [-0.39, 0.29) is 6.61 Å². The highest BCUT2D eigenvalue weighted by molar-refractivity contribution is 5.21. The zero-order valence-corrected chi connectivity index (χ0v) is 9.18. The second-order valence-electron chi connectivity index (χ2n) is 3.61. The quantitative estimate of drug-likeness (QED) is 0.352. The van der Waals surface area contributed by atoms with Crippen molar-refractivity contribution >= 4 is 0 Å². The number of azide groups is 1. The zero-order valence-electron chi connectivity index (χ0n) is 9.18. The van der Waals surface area contributed by atoms with Gasteiger partial charge < -0.3 is 5.11 Å². The maximum absolute atomic E-state index is 13.0. The fraction of sp³-hybridized carbons (Fsp3) is 0.455. The van der Waals surface area contributed by atoms with Crippen molar-refractivity contribution in [1.82, 2.24) is 0 Å². The summed E-state index contributed by atoms with van der Waals surface area (Å²) in [5.41, 5.74) is 8.86. The Kier molecular flexibility index (Phi) is 5.39. The van der Waals surface area contributed by atoms with Gasteiger partial charge in [-0.05, 0) is 36.1 Å². The van der Waals surface area contributed by atoms with Gasteiger partial charge in [0.15, 0.2) is 11.6 Å². The fourth-order valence-electron chi connectivity index (χ4n) is 1.52. The molecular weight excluding hydrogens is 228 g/mol. The predicted molar refractivity (Wildman–Crippen MR) is 59.2 cm³/mol. The molecule has 0 saturated heterocycles. The molecule has 0 saturated carbocycles. The van der Waals surface area contributed by atoms with Crippen molar-refractivity contribution < 1.29 is 13.9 Å². The van der Waals surface area contributed by atoms with Crippen LogP contribution >= 0.6 is 0 Å². The first kappa shape index (κ1) is 13.4. The van der Waals surface area contributed by atoms with Crippen LogP contribution in [0.3, 0.4) is 0 Å². The third-order valence-electron chi connectivity index (χ3n) is 2.41. The van der Waals surface area contributed by atoms with Crippen molar-refractivity contribution in [2.75, 3.05) is 6.61 Å². The molecule has 4 nitrogen and oxygen atoms in total. The van der Waals surface area contributed by atoms with Gasteiger partial charge in [-0.25, -0.2) is 8.78 Å². The molecule has 1 aromatic carbocycles. The second-order valence-corrected chi connectivity index (χ2v) is 3.61. The summed E-state index contributed by atoms with van der Waals surface area (Å²) < 4.78 is 25.8. The number of hydrogen-bond acceptors (Lipinski definition) is 2. The highest BCUT2D eigenvalue weighted by Crippen LogP contribution is 2.25. The molecule has 1 N–H and O–H groups in total. The molecule has 0 spiro atoms. The van der Waals surface area contributed by atoms with Crippen molar-refractivity contribution in [3.8, 4) is 0 Å². The van der Waals surface area contributed by atoms with Crippen molar-refractivity contribution in [2.24, 2.45) is 5.11 Å². The smallest absolute Gasteiger partial charge is 0.159 e. The summed E-state index contributed by atoms with van der Waals surface area (Å²) in [5, 5.41) is 12.2. The lowest BCUT2D eigenvalue weighted by molar-refractivity contribution is 0.281. The van der Waals surface area contributed by atoms with Crippen LogP contribution in [0, 0.1) is 11.6 Å². The van der Waals surface area contributed by atoms with E-state index < -0.39 is 17.7 Å². The van der Waals surface area contributed by atoms with Gasteiger partial charge in [0.25, 0.3) is 0 Å². The molecule has 6 heteroatoms. The first-order valence-corrected chi connectivity index (χ1v) is 5.29. The van der Waals surface area contributed by atoms with Gasteiger partial charge in [-0.2, -0.15) is 0 Å². The van der Waals surface area contributed by atoms with Gasteiger partial charge in [0.1, 0.15) is 0 Å². The minimum Gasteiger partial charge on any atom is -0.396 e. The third kappa shape index (κ3) is 4.01. The minimum atomic E-state index is -0.956. The van der Waals surface area contributed by atoms with Crippen LogP contribution in [-0.4, -0.2) is 11.7 Å². The van der Waals surface area contributed by atoms with E-state index in [1.165, 1.54) is 6.07 Å². The summed E-state index contributed by atoms with van der Waals surface area (Å²) in [4.78, 5) is 2.69. The van der Waals surface area contributed by atoms with E-state index in [1.807, 2.05) is 0 Å². The molecule has 1 rings (SSSR count). The van der Waals surface area contributed by atoms with E-state index in [0.29, 0.717) is 24.8 Å². The lowest BCUT2D eigenvalue weighted by Gasteiger charge is -2.11. The standard InChI is InChI=1S/C11H13F2N3O/c12-9-5-4-8(7-10(9)13)11(15-16-14)3-1-2-6-17/h4-5,7,11,17H,1-3,6H2. The van der Waals surface area contributed by atoms with Crippen molar-refractivity contribution in [3.63, 3.8) is 0 Å². The molecule has 0 aliphatic heterocycles. The van der Waals surface area contributed by atoms with Crippen LogP contribution in [0.1, 0.15) is 30.9 Å². The third-order valence-corrected chi connectivity index (χ3v) is 2.41. The Hall–Kier alpha value is -1.65. The molecule has 0 fully saturated rings. The highest BCUT2D eigenvalue weighted by Gasteiger charge is 2.12. The normalized spacial score (nSPS) is 11.9. The first-order chi connectivity index (χ1) is 8.19. The minimum absolute atomic E-state index is 0.0563. The molecule has 0 aliphatic carbocycles. The fourth-order valence-corrected chi connectivity index (χ4v) is 1.52. The van der Waals surface area contributed by atoms with Gasteiger partial charge >= 0.3 is 0 Å². The molecule has 1 unspecified atom stereocenters. The zero-order chi connectivity index (χ0) is 12.7. The lowest BCUT2D eigenvalue weighted by atomic mass is 10.0. The highest BCUT2D eigenvalue weighted by atomic mass is 19.2. The van der Waals surface area contributed by atoms with Gasteiger partial charge in [-0.1, -0.05) is 17.6 Å².